The SMILES string of the molecule is CC(=O)c1cccc(NC2CCCCC2)c1. The van der Waals surface area contributed by atoms with Gasteiger partial charge < -0.3 is 5.32 Å². The summed E-state index contributed by atoms with van der Waals surface area (Å²) in [5.74, 6) is 0.132. The Hall–Kier alpha value is -1.31. The van der Waals surface area contributed by atoms with Crippen molar-refractivity contribution in [3.8, 4) is 0 Å². The number of carbonyl (C=O) groups is 1. The van der Waals surface area contributed by atoms with Gasteiger partial charge in [-0.15, -0.1) is 0 Å². The van der Waals surface area contributed by atoms with Crippen molar-refractivity contribution in [1.29, 1.82) is 0 Å². The summed E-state index contributed by atoms with van der Waals surface area (Å²) in [7, 11) is 0. The van der Waals surface area contributed by atoms with Crippen molar-refractivity contribution in [3.05, 3.63) is 29.8 Å². The quantitative estimate of drug-likeness (QED) is 0.783. The Bertz CT molecular complexity index is 367. The van der Waals surface area contributed by atoms with E-state index in [1.54, 1.807) is 6.92 Å². The topological polar surface area (TPSA) is 29.1 Å². The molecular formula is C14H19NO. The number of hydrogen-bond donors (Lipinski definition) is 1. The van der Waals surface area contributed by atoms with Gasteiger partial charge in [0.05, 0.1) is 0 Å². The van der Waals surface area contributed by atoms with Crippen molar-refractivity contribution in [2.75, 3.05) is 5.32 Å². The lowest BCUT2D eigenvalue weighted by Gasteiger charge is -2.24. The van der Waals surface area contributed by atoms with Crippen LogP contribution in [0.5, 0.6) is 0 Å². The summed E-state index contributed by atoms with van der Waals surface area (Å²) in [4.78, 5) is 11.3. The molecule has 0 atom stereocenters. The lowest BCUT2D eigenvalue weighted by molar-refractivity contribution is 0.101. The van der Waals surface area contributed by atoms with Gasteiger partial charge in [0, 0.05) is 17.3 Å². The molecule has 2 rings (SSSR count). The van der Waals surface area contributed by atoms with Crippen LogP contribution in [0.15, 0.2) is 24.3 Å². The van der Waals surface area contributed by atoms with Gasteiger partial charge in [-0.1, -0.05) is 31.4 Å². The Morgan fingerprint density at radius 1 is 1.25 bits per heavy atom. The number of Topliss-reactive ketones (excluding diaryl/α,β-unsaturated/α-hetero) is 1. The molecule has 0 amide bonds. The van der Waals surface area contributed by atoms with E-state index in [1.165, 1.54) is 32.1 Å². The molecular weight excluding hydrogens is 198 g/mol. The maximum Gasteiger partial charge on any atom is 0.159 e. The molecule has 0 spiro atoms. The second-order valence-corrected chi connectivity index (χ2v) is 4.62. The number of anilines is 1. The lowest BCUT2D eigenvalue weighted by Crippen LogP contribution is -2.22. The minimum Gasteiger partial charge on any atom is -0.382 e. The highest BCUT2D eigenvalue weighted by Gasteiger charge is 2.13. The number of nitrogens with one attached hydrogen (secondary N) is 1. The van der Waals surface area contributed by atoms with Crippen molar-refractivity contribution in [3.63, 3.8) is 0 Å². The highest BCUT2D eigenvalue weighted by Crippen LogP contribution is 2.22. The van der Waals surface area contributed by atoms with Gasteiger partial charge in [-0.2, -0.15) is 0 Å². The van der Waals surface area contributed by atoms with E-state index in [0.29, 0.717) is 6.04 Å². The van der Waals surface area contributed by atoms with E-state index >= 15 is 0 Å². The molecule has 0 heterocycles. The monoisotopic (exact) mass is 217 g/mol. The maximum atomic E-state index is 11.3. The molecule has 1 aliphatic rings. The highest BCUT2D eigenvalue weighted by molar-refractivity contribution is 5.94. The Kier molecular flexibility index (Phi) is 3.60. The Labute approximate surface area is 97.1 Å². The van der Waals surface area contributed by atoms with Crippen LogP contribution in [0.1, 0.15) is 49.4 Å². The molecule has 0 aromatic heterocycles. The summed E-state index contributed by atoms with van der Waals surface area (Å²) in [6.07, 6.45) is 6.52. The average molecular weight is 217 g/mol. The van der Waals surface area contributed by atoms with Gasteiger partial charge >= 0.3 is 0 Å². The fraction of sp³-hybridized carbons (Fsp3) is 0.500. The van der Waals surface area contributed by atoms with Gasteiger partial charge in [-0.05, 0) is 31.9 Å². The van der Waals surface area contributed by atoms with Crippen molar-refractivity contribution >= 4 is 11.5 Å². The molecule has 2 heteroatoms. The first-order valence-electron chi connectivity index (χ1n) is 6.13. The minimum atomic E-state index is 0.132. The van der Waals surface area contributed by atoms with Crippen LogP contribution in [0.25, 0.3) is 0 Å². The normalized spacial score (nSPS) is 17.1. The van der Waals surface area contributed by atoms with Crippen LogP contribution in [0.4, 0.5) is 5.69 Å². The molecule has 0 unspecified atom stereocenters. The van der Waals surface area contributed by atoms with E-state index in [0.717, 1.165) is 11.3 Å². The van der Waals surface area contributed by atoms with E-state index in [4.69, 9.17) is 0 Å². The first-order chi connectivity index (χ1) is 7.75. The van der Waals surface area contributed by atoms with Crippen LogP contribution >= 0.6 is 0 Å². The van der Waals surface area contributed by atoms with Crippen molar-refractivity contribution < 1.29 is 4.79 Å². The van der Waals surface area contributed by atoms with E-state index in [1.807, 2.05) is 24.3 Å². The predicted octanol–water partition coefficient (Wildman–Crippen LogP) is 3.63. The third-order valence-electron chi connectivity index (χ3n) is 3.25. The predicted molar refractivity (Wildman–Crippen MR) is 66.9 cm³/mol. The zero-order chi connectivity index (χ0) is 11.4. The van der Waals surface area contributed by atoms with Crippen LogP contribution in [0.3, 0.4) is 0 Å². The molecule has 1 aromatic rings. The van der Waals surface area contributed by atoms with Gasteiger partial charge in [0.25, 0.3) is 0 Å². The molecule has 1 N–H and O–H groups in total. The molecule has 0 bridgehead atoms. The van der Waals surface area contributed by atoms with Crippen molar-refractivity contribution in [2.24, 2.45) is 0 Å². The van der Waals surface area contributed by atoms with Gasteiger partial charge in [-0.3, -0.25) is 4.79 Å². The zero-order valence-electron chi connectivity index (χ0n) is 9.83. The lowest BCUT2D eigenvalue weighted by atomic mass is 9.95. The first kappa shape index (κ1) is 11.2. The zero-order valence-corrected chi connectivity index (χ0v) is 9.83. The smallest absolute Gasteiger partial charge is 0.159 e. The van der Waals surface area contributed by atoms with E-state index < -0.39 is 0 Å². The van der Waals surface area contributed by atoms with Crippen LogP contribution in [0, 0.1) is 0 Å². The fourth-order valence-corrected chi connectivity index (χ4v) is 2.31. The molecule has 0 saturated heterocycles. The standard InChI is InChI=1S/C14H19NO/c1-11(16)12-6-5-9-14(10-12)15-13-7-3-2-4-8-13/h5-6,9-10,13,15H,2-4,7-8H2,1H3. The second-order valence-electron chi connectivity index (χ2n) is 4.62. The fourth-order valence-electron chi connectivity index (χ4n) is 2.31. The van der Waals surface area contributed by atoms with Crippen LogP contribution in [0.2, 0.25) is 0 Å². The molecule has 1 saturated carbocycles. The Balaban J connectivity index is 2.02. The molecule has 1 aliphatic carbocycles. The minimum absolute atomic E-state index is 0.132. The number of ketones is 1. The summed E-state index contributed by atoms with van der Waals surface area (Å²) in [5, 5.41) is 3.52. The van der Waals surface area contributed by atoms with E-state index in [-0.39, 0.29) is 5.78 Å². The van der Waals surface area contributed by atoms with Crippen molar-refractivity contribution in [2.45, 2.75) is 45.1 Å². The summed E-state index contributed by atoms with van der Waals surface area (Å²) >= 11 is 0. The van der Waals surface area contributed by atoms with Crippen molar-refractivity contribution in [1.82, 2.24) is 0 Å². The number of carbonyl (C=O) groups excluding carboxylic acids is 1. The van der Waals surface area contributed by atoms with Crippen LogP contribution in [-0.2, 0) is 0 Å². The first-order valence-corrected chi connectivity index (χ1v) is 6.13. The summed E-state index contributed by atoms with van der Waals surface area (Å²) in [6, 6.07) is 8.41. The molecule has 0 aliphatic heterocycles. The molecule has 1 fully saturated rings. The molecule has 1 aromatic carbocycles. The Morgan fingerprint density at radius 2 is 2.00 bits per heavy atom. The highest BCUT2D eigenvalue weighted by atomic mass is 16.1. The number of benzene rings is 1. The van der Waals surface area contributed by atoms with Gasteiger partial charge in [0.15, 0.2) is 5.78 Å². The van der Waals surface area contributed by atoms with Gasteiger partial charge in [-0.25, -0.2) is 0 Å². The van der Waals surface area contributed by atoms with Crippen LogP contribution in [-0.4, -0.2) is 11.8 Å². The third kappa shape index (κ3) is 2.84. The molecule has 16 heavy (non-hydrogen) atoms. The van der Waals surface area contributed by atoms with E-state index in [9.17, 15) is 4.79 Å². The number of rotatable bonds is 3. The maximum absolute atomic E-state index is 11.3. The summed E-state index contributed by atoms with van der Waals surface area (Å²) < 4.78 is 0. The van der Waals surface area contributed by atoms with Gasteiger partial charge in [0.2, 0.25) is 0 Å². The van der Waals surface area contributed by atoms with Gasteiger partial charge in [0.1, 0.15) is 0 Å². The number of hydrogen-bond acceptors (Lipinski definition) is 2. The summed E-state index contributed by atoms with van der Waals surface area (Å²) in [6.45, 7) is 1.61. The molecule has 0 radical (unpaired) electrons. The molecule has 86 valence electrons. The summed E-state index contributed by atoms with van der Waals surface area (Å²) in [5.41, 5.74) is 1.88. The Morgan fingerprint density at radius 3 is 2.69 bits per heavy atom. The van der Waals surface area contributed by atoms with Crippen LogP contribution < -0.4 is 5.32 Å². The van der Waals surface area contributed by atoms with E-state index in [2.05, 4.69) is 5.32 Å². The largest absolute Gasteiger partial charge is 0.382 e. The average Bonchev–Trinajstić information content (AvgIpc) is 2.30. The molecule has 2 nitrogen and oxygen atoms in total. The second kappa shape index (κ2) is 5.15. The third-order valence-corrected chi connectivity index (χ3v) is 3.25.